The molecular formula is C19H22BrN. The molecule has 0 bridgehead atoms. The highest BCUT2D eigenvalue weighted by Crippen LogP contribution is 2.27. The molecule has 0 spiro atoms. The van der Waals surface area contributed by atoms with E-state index in [9.17, 15) is 0 Å². The van der Waals surface area contributed by atoms with E-state index in [0.29, 0.717) is 5.92 Å². The molecule has 1 nitrogen and oxygen atoms in total. The van der Waals surface area contributed by atoms with E-state index < -0.39 is 0 Å². The Morgan fingerprint density at radius 1 is 1.10 bits per heavy atom. The number of halogens is 1. The fourth-order valence-electron chi connectivity index (χ4n) is 2.67. The molecule has 1 aliphatic carbocycles. The van der Waals surface area contributed by atoms with Crippen LogP contribution in [0.2, 0.25) is 0 Å². The molecule has 2 aromatic rings. The van der Waals surface area contributed by atoms with Gasteiger partial charge in [0.1, 0.15) is 0 Å². The van der Waals surface area contributed by atoms with Crippen molar-refractivity contribution >= 4 is 15.9 Å². The van der Waals surface area contributed by atoms with Gasteiger partial charge in [-0.25, -0.2) is 0 Å². The maximum Gasteiger partial charge on any atom is 0.0207 e. The first-order valence-corrected chi connectivity index (χ1v) is 8.55. The second-order valence-electron chi connectivity index (χ2n) is 6.09. The summed E-state index contributed by atoms with van der Waals surface area (Å²) in [4.78, 5) is 0. The molecule has 0 saturated heterocycles. The van der Waals surface area contributed by atoms with Crippen LogP contribution in [0.15, 0.2) is 53.0 Å². The molecule has 0 aromatic heterocycles. The van der Waals surface area contributed by atoms with Crippen LogP contribution < -0.4 is 5.32 Å². The van der Waals surface area contributed by atoms with Gasteiger partial charge in [0.15, 0.2) is 0 Å². The maximum absolute atomic E-state index is 3.69. The third-order valence-corrected chi connectivity index (χ3v) is 4.98. The Morgan fingerprint density at radius 2 is 1.81 bits per heavy atom. The van der Waals surface area contributed by atoms with Crippen molar-refractivity contribution in [1.82, 2.24) is 5.32 Å². The first-order valence-electron chi connectivity index (χ1n) is 7.76. The Hall–Kier alpha value is -1.12. The van der Waals surface area contributed by atoms with E-state index in [4.69, 9.17) is 0 Å². The van der Waals surface area contributed by atoms with Gasteiger partial charge in [-0.05, 0) is 43.4 Å². The van der Waals surface area contributed by atoms with Gasteiger partial charge in [-0.1, -0.05) is 64.0 Å². The highest BCUT2D eigenvalue weighted by atomic mass is 79.9. The monoisotopic (exact) mass is 343 g/mol. The van der Waals surface area contributed by atoms with Gasteiger partial charge < -0.3 is 5.32 Å². The molecule has 1 fully saturated rings. The van der Waals surface area contributed by atoms with E-state index in [1.165, 1.54) is 34.0 Å². The lowest BCUT2D eigenvalue weighted by Crippen LogP contribution is -2.25. The molecule has 21 heavy (non-hydrogen) atoms. The summed E-state index contributed by atoms with van der Waals surface area (Å²) in [7, 11) is 0. The summed E-state index contributed by atoms with van der Waals surface area (Å²) in [6, 6.07) is 18.3. The average Bonchev–Trinajstić information content (AvgIpc) is 3.31. The number of aryl methyl sites for hydroxylation is 1. The van der Waals surface area contributed by atoms with E-state index >= 15 is 0 Å². The van der Waals surface area contributed by atoms with E-state index in [1.54, 1.807) is 0 Å². The topological polar surface area (TPSA) is 12.0 Å². The van der Waals surface area contributed by atoms with Crippen LogP contribution in [-0.2, 0) is 6.42 Å². The van der Waals surface area contributed by atoms with Gasteiger partial charge >= 0.3 is 0 Å². The molecule has 2 heteroatoms. The van der Waals surface area contributed by atoms with Crippen LogP contribution in [0.3, 0.4) is 0 Å². The predicted octanol–water partition coefficient (Wildman–Crippen LogP) is 4.84. The summed E-state index contributed by atoms with van der Waals surface area (Å²) >= 11 is 3.68. The van der Waals surface area contributed by atoms with Gasteiger partial charge in [-0.2, -0.15) is 0 Å². The van der Waals surface area contributed by atoms with E-state index in [2.05, 4.69) is 76.7 Å². The smallest absolute Gasteiger partial charge is 0.0207 e. The first kappa shape index (κ1) is 14.8. The van der Waals surface area contributed by atoms with Gasteiger partial charge in [0, 0.05) is 23.0 Å². The van der Waals surface area contributed by atoms with E-state index in [-0.39, 0.29) is 0 Å². The first-order chi connectivity index (χ1) is 10.2. The zero-order valence-corrected chi connectivity index (χ0v) is 14.1. The lowest BCUT2D eigenvalue weighted by Gasteiger charge is -2.19. The zero-order chi connectivity index (χ0) is 14.7. The lowest BCUT2D eigenvalue weighted by molar-refractivity contribution is 0.576. The predicted molar refractivity (Wildman–Crippen MR) is 92.8 cm³/mol. The van der Waals surface area contributed by atoms with Crippen molar-refractivity contribution in [3.8, 4) is 0 Å². The molecule has 1 atom stereocenters. The minimum atomic E-state index is 0.532. The Balaban J connectivity index is 1.77. The van der Waals surface area contributed by atoms with Gasteiger partial charge in [0.25, 0.3) is 0 Å². The number of benzene rings is 2. The third-order valence-electron chi connectivity index (χ3n) is 4.20. The van der Waals surface area contributed by atoms with Crippen LogP contribution >= 0.6 is 15.9 Å². The summed E-state index contributed by atoms with van der Waals surface area (Å²) in [5, 5.41) is 3.69. The molecule has 0 radical (unpaired) electrons. The van der Waals surface area contributed by atoms with Crippen LogP contribution in [-0.4, -0.2) is 12.6 Å². The van der Waals surface area contributed by atoms with Crippen LogP contribution in [0.25, 0.3) is 0 Å². The molecule has 110 valence electrons. The molecule has 1 unspecified atom stereocenters. The average molecular weight is 344 g/mol. The molecule has 1 N–H and O–H groups in total. The Bertz CT molecular complexity index is 587. The normalized spacial score (nSPS) is 15.9. The molecule has 0 heterocycles. The lowest BCUT2D eigenvalue weighted by atomic mass is 9.91. The fourth-order valence-corrected chi connectivity index (χ4v) is 3.12. The van der Waals surface area contributed by atoms with Crippen molar-refractivity contribution in [2.45, 2.75) is 38.1 Å². The van der Waals surface area contributed by atoms with Crippen molar-refractivity contribution < 1.29 is 0 Å². The molecule has 0 amide bonds. The fraction of sp³-hybridized carbons (Fsp3) is 0.368. The highest BCUT2D eigenvalue weighted by molar-refractivity contribution is 9.10. The largest absolute Gasteiger partial charge is 0.313 e. The van der Waals surface area contributed by atoms with Crippen LogP contribution in [0.5, 0.6) is 0 Å². The molecule has 3 rings (SSSR count). The van der Waals surface area contributed by atoms with Gasteiger partial charge in [-0.3, -0.25) is 0 Å². The Labute approximate surface area is 135 Å². The minimum absolute atomic E-state index is 0.532. The SMILES string of the molecule is Cc1ccc(C(CNC2CC2)Cc2ccccc2Br)cc1. The summed E-state index contributed by atoms with van der Waals surface area (Å²) in [5.41, 5.74) is 4.15. The third kappa shape index (κ3) is 4.18. The summed E-state index contributed by atoms with van der Waals surface area (Å²) in [5.74, 6) is 0.532. The summed E-state index contributed by atoms with van der Waals surface area (Å²) in [6.45, 7) is 3.21. The molecular weight excluding hydrogens is 322 g/mol. The van der Waals surface area contributed by atoms with Crippen molar-refractivity contribution in [2.75, 3.05) is 6.54 Å². The van der Waals surface area contributed by atoms with Crippen molar-refractivity contribution in [1.29, 1.82) is 0 Å². The quantitative estimate of drug-likeness (QED) is 0.791. The Kier molecular flexibility index (Phi) is 4.77. The maximum atomic E-state index is 3.69. The van der Waals surface area contributed by atoms with Crippen LogP contribution in [0, 0.1) is 6.92 Å². The van der Waals surface area contributed by atoms with Gasteiger partial charge in [0.2, 0.25) is 0 Å². The highest BCUT2D eigenvalue weighted by Gasteiger charge is 2.22. The van der Waals surface area contributed by atoms with Crippen LogP contribution in [0.1, 0.15) is 35.4 Å². The number of nitrogens with one attached hydrogen (secondary N) is 1. The van der Waals surface area contributed by atoms with Crippen molar-refractivity contribution in [2.24, 2.45) is 0 Å². The number of hydrogen-bond acceptors (Lipinski definition) is 1. The number of hydrogen-bond donors (Lipinski definition) is 1. The van der Waals surface area contributed by atoms with Crippen LogP contribution in [0.4, 0.5) is 0 Å². The molecule has 1 aliphatic rings. The standard InChI is InChI=1S/C19H22BrN/c1-14-6-8-15(9-7-14)17(13-21-18-10-11-18)12-16-4-2-3-5-19(16)20/h2-9,17-18,21H,10-13H2,1H3. The summed E-state index contributed by atoms with van der Waals surface area (Å²) in [6.07, 6.45) is 3.76. The Morgan fingerprint density at radius 3 is 2.48 bits per heavy atom. The summed E-state index contributed by atoms with van der Waals surface area (Å²) < 4.78 is 1.22. The minimum Gasteiger partial charge on any atom is -0.313 e. The molecule has 2 aromatic carbocycles. The molecule has 0 aliphatic heterocycles. The van der Waals surface area contributed by atoms with Crippen molar-refractivity contribution in [3.63, 3.8) is 0 Å². The zero-order valence-electron chi connectivity index (χ0n) is 12.5. The van der Waals surface area contributed by atoms with Gasteiger partial charge in [-0.15, -0.1) is 0 Å². The van der Waals surface area contributed by atoms with Gasteiger partial charge in [0.05, 0.1) is 0 Å². The molecule has 1 saturated carbocycles. The number of rotatable bonds is 6. The van der Waals surface area contributed by atoms with E-state index in [1.807, 2.05) is 0 Å². The van der Waals surface area contributed by atoms with Crippen molar-refractivity contribution in [3.05, 3.63) is 69.7 Å². The second kappa shape index (κ2) is 6.76. The second-order valence-corrected chi connectivity index (χ2v) is 6.94. The van der Waals surface area contributed by atoms with E-state index in [0.717, 1.165) is 19.0 Å².